The largest absolute Gasteiger partial charge is 0.493 e. The van der Waals surface area contributed by atoms with Crippen molar-refractivity contribution in [2.45, 2.75) is 33.6 Å². The first-order valence-corrected chi connectivity index (χ1v) is 9.80. The summed E-state index contributed by atoms with van der Waals surface area (Å²) in [4.78, 5) is 24.4. The number of carbonyl (C=O) groups is 2. The molecule has 29 heavy (non-hydrogen) atoms. The lowest BCUT2D eigenvalue weighted by Crippen LogP contribution is -2.21. The number of amides is 1. The molecule has 0 saturated carbocycles. The van der Waals surface area contributed by atoms with Crippen LogP contribution in [0.3, 0.4) is 0 Å². The second kappa shape index (κ2) is 11.1. The van der Waals surface area contributed by atoms with Crippen LogP contribution in [-0.4, -0.2) is 32.2 Å². The molecule has 0 aliphatic carbocycles. The van der Waals surface area contributed by atoms with Gasteiger partial charge >= 0.3 is 5.97 Å². The van der Waals surface area contributed by atoms with Crippen molar-refractivity contribution in [2.24, 2.45) is 5.92 Å². The predicted octanol–water partition coefficient (Wildman–Crippen LogP) is 4.48. The Hall–Kier alpha value is -3.02. The van der Waals surface area contributed by atoms with Gasteiger partial charge < -0.3 is 19.5 Å². The Morgan fingerprint density at radius 1 is 1.07 bits per heavy atom. The summed E-state index contributed by atoms with van der Waals surface area (Å²) in [5, 5.41) is 2.77. The lowest BCUT2D eigenvalue weighted by molar-refractivity contribution is -0.119. The number of benzene rings is 2. The first-order valence-electron chi connectivity index (χ1n) is 9.80. The van der Waals surface area contributed by atoms with Crippen LogP contribution in [-0.2, 0) is 16.0 Å². The van der Waals surface area contributed by atoms with Crippen molar-refractivity contribution in [3.05, 3.63) is 53.6 Å². The number of aryl methyl sites for hydroxylation is 1. The maximum atomic E-state index is 12.3. The fourth-order valence-corrected chi connectivity index (χ4v) is 2.67. The van der Waals surface area contributed by atoms with E-state index in [1.807, 2.05) is 31.2 Å². The molecule has 1 amide bonds. The zero-order valence-electron chi connectivity index (χ0n) is 17.5. The number of hydrogen-bond acceptors (Lipinski definition) is 5. The van der Waals surface area contributed by atoms with Crippen LogP contribution in [0.1, 0.15) is 43.1 Å². The van der Waals surface area contributed by atoms with Crippen molar-refractivity contribution in [2.75, 3.05) is 25.6 Å². The number of methoxy groups -OCH3 is 1. The average molecular weight is 399 g/mol. The highest BCUT2D eigenvalue weighted by atomic mass is 16.5. The minimum absolute atomic E-state index is 0.291. The average Bonchev–Trinajstić information content (AvgIpc) is 2.72. The maximum absolute atomic E-state index is 12.3. The fourth-order valence-electron chi connectivity index (χ4n) is 2.67. The van der Waals surface area contributed by atoms with Gasteiger partial charge in [-0.05, 0) is 48.6 Å². The summed E-state index contributed by atoms with van der Waals surface area (Å²) in [6.45, 7) is 6.45. The van der Waals surface area contributed by atoms with Gasteiger partial charge in [0.2, 0.25) is 0 Å². The molecule has 6 heteroatoms. The summed E-state index contributed by atoms with van der Waals surface area (Å²) in [6, 6.07) is 12.3. The SMILES string of the molecule is CCc1ccccc1NC(=O)COC(=O)c1ccc(OCCC(C)C)c(OC)c1. The molecule has 2 aromatic carbocycles. The summed E-state index contributed by atoms with van der Waals surface area (Å²) in [6.07, 6.45) is 1.71. The minimum atomic E-state index is -0.601. The first kappa shape index (κ1) is 22.3. The normalized spacial score (nSPS) is 10.5. The van der Waals surface area contributed by atoms with Crippen molar-refractivity contribution in [3.8, 4) is 11.5 Å². The Kier molecular flexibility index (Phi) is 8.52. The number of esters is 1. The molecule has 0 unspecified atom stereocenters. The maximum Gasteiger partial charge on any atom is 0.338 e. The molecule has 2 aromatic rings. The number of ether oxygens (including phenoxy) is 3. The Labute approximate surface area is 172 Å². The van der Waals surface area contributed by atoms with E-state index in [0.29, 0.717) is 29.6 Å². The van der Waals surface area contributed by atoms with Gasteiger partial charge in [-0.2, -0.15) is 0 Å². The highest BCUT2D eigenvalue weighted by Gasteiger charge is 2.15. The van der Waals surface area contributed by atoms with E-state index in [1.54, 1.807) is 18.2 Å². The van der Waals surface area contributed by atoms with Gasteiger partial charge in [0.25, 0.3) is 5.91 Å². The summed E-state index contributed by atoms with van der Waals surface area (Å²) >= 11 is 0. The van der Waals surface area contributed by atoms with Crippen molar-refractivity contribution >= 4 is 17.6 Å². The molecule has 1 N–H and O–H groups in total. The van der Waals surface area contributed by atoms with E-state index in [0.717, 1.165) is 24.1 Å². The van der Waals surface area contributed by atoms with Crippen LogP contribution in [0.5, 0.6) is 11.5 Å². The van der Waals surface area contributed by atoms with Gasteiger partial charge in [0, 0.05) is 5.69 Å². The number of hydrogen-bond donors (Lipinski definition) is 1. The Balaban J connectivity index is 1.93. The van der Waals surface area contributed by atoms with Crippen molar-refractivity contribution < 1.29 is 23.8 Å². The minimum Gasteiger partial charge on any atom is -0.493 e. The third kappa shape index (κ3) is 6.82. The summed E-state index contributed by atoms with van der Waals surface area (Å²) in [5.74, 6) is 0.560. The number of rotatable bonds is 10. The zero-order chi connectivity index (χ0) is 21.2. The summed E-state index contributed by atoms with van der Waals surface area (Å²) in [7, 11) is 1.51. The monoisotopic (exact) mass is 399 g/mol. The fraction of sp³-hybridized carbons (Fsp3) is 0.391. The van der Waals surface area contributed by atoms with Gasteiger partial charge in [-0.15, -0.1) is 0 Å². The molecule has 156 valence electrons. The van der Waals surface area contributed by atoms with Gasteiger partial charge in [0.15, 0.2) is 18.1 Å². The van der Waals surface area contributed by atoms with Gasteiger partial charge in [-0.25, -0.2) is 4.79 Å². The molecule has 0 bridgehead atoms. The Bertz CT molecular complexity index is 832. The van der Waals surface area contributed by atoms with Crippen LogP contribution in [0.25, 0.3) is 0 Å². The van der Waals surface area contributed by atoms with E-state index >= 15 is 0 Å². The van der Waals surface area contributed by atoms with Crippen LogP contribution < -0.4 is 14.8 Å². The predicted molar refractivity (Wildman–Crippen MR) is 113 cm³/mol. The lowest BCUT2D eigenvalue weighted by atomic mass is 10.1. The van der Waals surface area contributed by atoms with Gasteiger partial charge in [0.1, 0.15) is 0 Å². The van der Waals surface area contributed by atoms with Gasteiger partial charge in [-0.3, -0.25) is 4.79 Å². The van der Waals surface area contributed by atoms with Crippen LogP contribution in [0.15, 0.2) is 42.5 Å². The van der Waals surface area contributed by atoms with E-state index in [1.165, 1.54) is 7.11 Å². The molecule has 0 saturated heterocycles. The van der Waals surface area contributed by atoms with E-state index in [9.17, 15) is 9.59 Å². The third-order valence-corrected chi connectivity index (χ3v) is 4.36. The van der Waals surface area contributed by atoms with E-state index in [2.05, 4.69) is 19.2 Å². The third-order valence-electron chi connectivity index (χ3n) is 4.36. The molecule has 0 atom stereocenters. The van der Waals surface area contributed by atoms with Crippen LogP contribution >= 0.6 is 0 Å². The quantitative estimate of drug-likeness (QED) is 0.597. The second-order valence-corrected chi connectivity index (χ2v) is 7.03. The molecule has 0 fully saturated rings. The molecule has 0 aromatic heterocycles. The summed E-state index contributed by atoms with van der Waals surface area (Å²) in [5.41, 5.74) is 2.03. The number of para-hydroxylation sites is 1. The van der Waals surface area contributed by atoms with Crippen LogP contribution in [0, 0.1) is 5.92 Å². The first-order chi connectivity index (χ1) is 13.9. The van der Waals surface area contributed by atoms with Crippen molar-refractivity contribution in [1.82, 2.24) is 0 Å². The molecule has 2 rings (SSSR count). The summed E-state index contributed by atoms with van der Waals surface area (Å²) < 4.78 is 16.2. The molecule has 0 aliphatic heterocycles. The molecule has 0 radical (unpaired) electrons. The van der Waals surface area contributed by atoms with Crippen LogP contribution in [0.4, 0.5) is 5.69 Å². The Morgan fingerprint density at radius 2 is 1.83 bits per heavy atom. The van der Waals surface area contributed by atoms with Crippen LogP contribution in [0.2, 0.25) is 0 Å². The van der Waals surface area contributed by atoms with E-state index in [4.69, 9.17) is 14.2 Å². The smallest absolute Gasteiger partial charge is 0.338 e. The van der Waals surface area contributed by atoms with Crippen molar-refractivity contribution in [1.29, 1.82) is 0 Å². The van der Waals surface area contributed by atoms with Gasteiger partial charge in [0.05, 0.1) is 19.3 Å². The zero-order valence-corrected chi connectivity index (χ0v) is 17.5. The molecule has 0 spiro atoms. The van der Waals surface area contributed by atoms with Gasteiger partial charge in [-0.1, -0.05) is 39.0 Å². The molecule has 0 aliphatic rings. The second-order valence-electron chi connectivity index (χ2n) is 7.03. The number of carbonyl (C=O) groups excluding carboxylic acids is 2. The molecule has 6 nitrogen and oxygen atoms in total. The lowest BCUT2D eigenvalue weighted by Gasteiger charge is -2.13. The topological polar surface area (TPSA) is 73.9 Å². The number of anilines is 1. The standard InChI is InChI=1S/C23H29NO5/c1-5-17-8-6-7-9-19(17)24-22(25)15-29-23(26)18-10-11-20(21(14-18)27-4)28-13-12-16(2)3/h6-11,14,16H,5,12-13,15H2,1-4H3,(H,24,25). The van der Waals surface area contributed by atoms with E-state index in [-0.39, 0.29) is 12.5 Å². The van der Waals surface area contributed by atoms with E-state index < -0.39 is 5.97 Å². The molecular weight excluding hydrogens is 370 g/mol. The number of nitrogens with one attached hydrogen (secondary N) is 1. The highest BCUT2D eigenvalue weighted by molar-refractivity contribution is 5.96. The molecular formula is C23H29NO5. The molecule has 0 heterocycles. The Morgan fingerprint density at radius 3 is 2.52 bits per heavy atom. The highest BCUT2D eigenvalue weighted by Crippen LogP contribution is 2.28. The van der Waals surface area contributed by atoms with Crippen molar-refractivity contribution in [3.63, 3.8) is 0 Å².